The first-order valence-electron chi connectivity index (χ1n) is 4.60. The smallest absolute Gasteiger partial charge is 0.0519 e. The van der Waals surface area contributed by atoms with Crippen LogP contribution in [0.2, 0.25) is 0 Å². The van der Waals surface area contributed by atoms with Crippen LogP contribution in [0.25, 0.3) is 0 Å². The lowest BCUT2D eigenvalue weighted by Gasteiger charge is -2.06. The fourth-order valence-corrected chi connectivity index (χ4v) is 0.777. The van der Waals surface area contributed by atoms with E-state index in [9.17, 15) is 0 Å². The van der Waals surface area contributed by atoms with Gasteiger partial charge in [-0.3, -0.25) is 0 Å². The molecule has 0 aromatic rings. The molecular weight excluding hydrogens is 160 g/mol. The minimum Gasteiger partial charge on any atom is -0.378 e. The van der Waals surface area contributed by atoms with Gasteiger partial charge in [0.25, 0.3) is 0 Å². The molecule has 0 spiro atoms. The van der Waals surface area contributed by atoms with E-state index in [1.54, 1.807) is 0 Å². The van der Waals surface area contributed by atoms with Gasteiger partial charge in [-0.15, -0.1) is 13.2 Å². The molecule has 13 heavy (non-hydrogen) atoms. The Morgan fingerprint density at radius 3 is 2.23 bits per heavy atom. The summed E-state index contributed by atoms with van der Waals surface area (Å²) >= 11 is 0. The van der Waals surface area contributed by atoms with E-state index in [-0.39, 0.29) is 0 Å². The fourth-order valence-electron chi connectivity index (χ4n) is 0.777. The SMILES string of the molecule is C=C.C=C/C(=C\C)CCOC(C)C. The number of rotatable bonds is 5. The van der Waals surface area contributed by atoms with Gasteiger partial charge in [0.2, 0.25) is 0 Å². The summed E-state index contributed by atoms with van der Waals surface area (Å²) in [4.78, 5) is 0. The van der Waals surface area contributed by atoms with Crippen molar-refractivity contribution in [2.45, 2.75) is 33.3 Å². The summed E-state index contributed by atoms with van der Waals surface area (Å²) in [5, 5.41) is 0. The predicted molar refractivity (Wildman–Crippen MR) is 60.9 cm³/mol. The van der Waals surface area contributed by atoms with Gasteiger partial charge in [-0.1, -0.05) is 24.3 Å². The van der Waals surface area contributed by atoms with Crippen LogP contribution in [0, 0.1) is 0 Å². The van der Waals surface area contributed by atoms with Gasteiger partial charge in [0.05, 0.1) is 12.7 Å². The average Bonchev–Trinajstić information content (AvgIpc) is 2.15. The van der Waals surface area contributed by atoms with Crippen molar-refractivity contribution in [1.82, 2.24) is 0 Å². The van der Waals surface area contributed by atoms with Crippen LogP contribution in [-0.4, -0.2) is 12.7 Å². The maximum absolute atomic E-state index is 5.39. The molecule has 0 aliphatic carbocycles. The Labute approximate surface area is 82.8 Å². The van der Waals surface area contributed by atoms with Crippen LogP contribution in [0.3, 0.4) is 0 Å². The third kappa shape index (κ3) is 11.2. The fraction of sp³-hybridized carbons (Fsp3) is 0.500. The van der Waals surface area contributed by atoms with Crippen molar-refractivity contribution in [1.29, 1.82) is 0 Å². The van der Waals surface area contributed by atoms with Gasteiger partial charge in [-0.05, 0) is 27.2 Å². The lowest BCUT2D eigenvalue weighted by molar-refractivity contribution is 0.0817. The van der Waals surface area contributed by atoms with Gasteiger partial charge in [0, 0.05) is 0 Å². The molecule has 0 aliphatic rings. The molecule has 76 valence electrons. The number of ether oxygens (including phenoxy) is 1. The van der Waals surface area contributed by atoms with E-state index in [4.69, 9.17) is 4.74 Å². The zero-order valence-electron chi connectivity index (χ0n) is 9.18. The standard InChI is InChI=1S/C10H18O.C2H4/c1-5-10(6-2)7-8-11-9(3)4;1-2/h5-6,9H,1,7-8H2,2-4H3;1-2H2/b10-6+;. The molecule has 1 nitrogen and oxygen atoms in total. The normalized spacial score (nSPS) is 10.6. The molecular formula is C12H22O. The monoisotopic (exact) mass is 182 g/mol. The maximum atomic E-state index is 5.39. The van der Waals surface area contributed by atoms with E-state index >= 15 is 0 Å². The summed E-state index contributed by atoms with van der Waals surface area (Å²) in [5.41, 5.74) is 1.26. The third-order valence-electron chi connectivity index (χ3n) is 1.47. The molecule has 0 bridgehead atoms. The third-order valence-corrected chi connectivity index (χ3v) is 1.47. The Morgan fingerprint density at radius 2 is 1.92 bits per heavy atom. The molecule has 0 radical (unpaired) electrons. The minimum atomic E-state index is 0.331. The summed E-state index contributed by atoms with van der Waals surface area (Å²) in [5.74, 6) is 0. The maximum Gasteiger partial charge on any atom is 0.0519 e. The molecule has 0 saturated heterocycles. The van der Waals surface area contributed by atoms with Crippen molar-refractivity contribution in [2.24, 2.45) is 0 Å². The van der Waals surface area contributed by atoms with E-state index < -0.39 is 0 Å². The van der Waals surface area contributed by atoms with Gasteiger partial charge in [0.15, 0.2) is 0 Å². The van der Waals surface area contributed by atoms with Crippen LogP contribution in [-0.2, 0) is 4.74 Å². The van der Waals surface area contributed by atoms with Crippen LogP contribution in [0.1, 0.15) is 27.2 Å². The molecule has 0 heterocycles. The highest BCUT2D eigenvalue weighted by Crippen LogP contribution is 2.02. The Bertz CT molecular complexity index is 145. The largest absolute Gasteiger partial charge is 0.378 e. The minimum absolute atomic E-state index is 0.331. The Hall–Kier alpha value is -0.820. The molecule has 0 fully saturated rings. The highest BCUT2D eigenvalue weighted by atomic mass is 16.5. The molecule has 0 amide bonds. The first-order valence-corrected chi connectivity index (χ1v) is 4.60. The van der Waals surface area contributed by atoms with Crippen LogP contribution in [0.15, 0.2) is 37.5 Å². The average molecular weight is 182 g/mol. The highest BCUT2D eigenvalue weighted by molar-refractivity contribution is 5.14. The molecule has 0 aliphatic heterocycles. The van der Waals surface area contributed by atoms with Crippen LogP contribution >= 0.6 is 0 Å². The van der Waals surface area contributed by atoms with Crippen molar-refractivity contribution in [2.75, 3.05) is 6.61 Å². The Morgan fingerprint density at radius 1 is 1.38 bits per heavy atom. The summed E-state index contributed by atoms with van der Waals surface area (Å²) in [6.45, 7) is 16.6. The van der Waals surface area contributed by atoms with Crippen LogP contribution < -0.4 is 0 Å². The van der Waals surface area contributed by atoms with E-state index in [0.717, 1.165) is 13.0 Å². The van der Waals surface area contributed by atoms with E-state index in [2.05, 4.69) is 25.8 Å². The molecule has 0 unspecified atom stereocenters. The summed E-state index contributed by atoms with van der Waals surface area (Å²) in [7, 11) is 0. The molecule has 0 aromatic heterocycles. The van der Waals surface area contributed by atoms with Crippen molar-refractivity contribution in [3.8, 4) is 0 Å². The van der Waals surface area contributed by atoms with Crippen LogP contribution in [0.4, 0.5) is 0 Å². The van der Waals surface area contributed by atoms with Gasteiger partial charge >= 0.3 is 0 Å². The van der Waals surface area contributed by atoms with E-state index in [0.29, 0.717) is 6.10 Å². The quantitative estimate of drug-likeness (QED) is 0.465. The first kappa shape index (κ1) is 14.7. The highest BCUT2D eigenvalue weighted by Gasteiger charge is 1.93. The Kier molecular flexibility index (Phi) is 12.6. The van der Waals surface area contributed by atoms with Gasteiger partial charge in [-0.25, -0.2) is 0 Å². The Balaban J connectivity index is 0. The van der Waals surface area contributed by atoms with Crippen molar-refractivity contribution in [3.05, 3.63) is 37.5 Å². The van der Waals surface area contributed by atoms with E-state index in [1.807, 2.05) is 26.8 Å². The lowest BCUT2D eigenvalue weighted by atomic mass is 10.2. The van der Waals surface area contributed by atoms with Gasteiger partial charge in [0.1, 0.15) is 0 Å². The first-order chi connectivity index (χ1) is 6.20. The molecule has 0 rings (SSSR count). The zero-order valence-corrected chi connectivity index (χ0v) is 9.18. The second-order valence-electron chi connectivity index (χ2n) is 2.74. The second-order valence-corrected chi connectivity index (χ2v) is 2.74. The lowest BCUT2D eigenvalue weighted by Crippen LogP contribution is -2.03. The molecule has 0 aromatic carbocycles. The van der Waals surface area contributed by atoms with Crippen molar-refractivity contribution in [3.63, 3.8) is 0 Å². The van der Waals surface area contributed by atoms with E-state index in [1.165, 1.54) is 5.57 Å². The number of hydrogen-bond acceptors (Lipinski definition) is 1. The topological polar surface area (TPSA) is 9.23 Å². The molecule has 0 atom stereocenters. The predicted octanol–water partition coefficient (Wildman–Crippen LogP) is 3.74. The van der Waals surface area contributed by atoms with Crippen molar-refractivity contribution < 1.29 is 4.74 Å². The van der Waals surface area contributed by atoms with Gasteiger partial charge < -0.3 is 4.74 Å². The van der Waals surface area contributed by atoms with Crippen molar-refractivity contribution >= 4 is 0 Å². The molecule has 0 N–H and O–H groups in total. The van der Waals surface area contributed by atoms with Crippen LogP contribution in [0.5, 0.6) is 0 Å². The number of hydrogen-bond donors (Lipinski definition) is 0. The summed E-state index contributed by atoms with van der Waals surface area (Å²) in [6.07, 6.45) is 5.25. The zero-order chi connectivity index (χ0) is 10.7. The summed E-state index contributed by atoms with van der Waals surface area (Å²) in [6, 6.07) is 0. The molecule has 1 heteroatoms. The second kappa shape index (κ2) is 11.2. The number of allylic oxidation sites excluding steroid dienone is 2. The molecule has 0 saturated carbocycles. The van der Waals surface area contributed by atoms with Gasteiger partial charge in [-0.2, -0.15) is 0 Å². The summed E-state index contributed by atoms with van der Waals surface area (Å²) < 4.78 is 5.39.